The first-order valence-electron chi connectivity index (χ1n) is 13.5. The van der Waals surface area contributed by atoms with E-state index in [-0.39, 0.29) is 17.8 Å². The number of carbonyl (C=O) groups is 1. The van der Waals surface area contributed by atoms with Crippen LogP contribution in [0.3, 0.4) is 0 Å². The topological polar surface area (TPSA) is 82.0 Å². The van der Waals surface area contributed by atoms with E-state index in [9.17, 15) is 13.6 Å². The minimum atomic E-state index is -0.766. The van der Waals surface area contributed by atoms with Crippen LogP contribution in [-0.4, -0.2) is 75.1 Å². The molecule has 3 aromatic rings. The summed E-state index contributed by atoms with van der Waals surface area (Å²) in [7, 11) is -0.766. The second-order valence-corrected chi connectivity index (χ2v) is 12.5. The van der Waals surface area contributed by atoms with Gasteiger partial charge in [-0.3, -0.25) is 0 Å². The molecule has 0 N–H and O–H groups in total. The molecule has 12 heteroatoms. The third-order valence-electron chi connectivity index (χ3n) is 7.78. The lowest BCUT2D eigenvalue weighted by Crippen LogP contribution is -2.55. The molecular formula is C28H36BF2N5O4. The molecule has 9 nitrogen and oxygen atoms in total. The van der Waals surface area contributed by atoms with E-state index >= 15 is 0 Å². The average Bonchev–Trinajstić information content (AvgIpc) is 3.31. The monoisotopic (exact) mass is 555 g/mol. The van der Waals surface area contributed by atoms with Crippen molar-refractivity contribution in [3.05, 3.63) is 42.4 Å². The van der Waals surface area contributed by atoms with E-state index in [1.807, 2.05) is 55.4 Å². The number of carbonyl (C=O) groups excluding carboxylic acids is 1. The molecule has 1 unspecified atom stereocenters. The van der Waals surface area contributed by atoms with Gasteiger partial charge in [0.1, 0.15) is 35.0 Å². The van der Waals surface area contributed by atoms with Gasteiger partial charge in [0.25, 0.3) is 0 Å². The molecule has 2 aromatic heterocycles. The van der Waals surface area contributed by atoms with Crippen LogP contribution < -0.4 is 10.4 Å². The number of aromatic nitrogens is 3. The molecule has 2 aliphatic rings. The Hall–Kier alpha value is -3.25. The summed E-state index contributed by atoms with van der Waals surface area (Å²) in [5, 5.41) is 0.656. The Morgan fingerprint density at radius 1 is 1.05 bits per heavy atom. The highest BCUT2D eigenvalue weighted by atomic mass is 19.1. The Balaban J connectivity index is 1.59. The summed E-state index contributed by atoms with van der Waals surface area (Å²) in [5.74, 6) is -0.771. The molecule has 0 aliphatic carbocycles. The first kappa shape index (κ1) is 28.3. The first-order valence-corrected chi connectivity index (χ1v) is 13.5. The van der Waals surface area contributed by atoms with Crippen molar-refractivity contribution in [2.75, 3.05) is 24.5 Å². The third kappa shape index (κ3) is 5.14. The highest BCUT2D eigenvalue weighted by molar-refractivity contribution is 6.65. The number of halogens is 2. The number of hydrogen-bond acceptors (Lipinski definition) is 7. The van der Waals surface area contributed by atoms with Gasteiger partial charge < -0.3 is 28.4 Å². The van der Waals surface area contributed by atoms with Gasteiger partial charge in [0.2, 0.25) is 0 Å². The molecular weight excluding hydrogens is 519 g/mol. The molecule has 40 heavy (non-hydrogen) atoms. The van der Waals surface area contributed by atoms with E-state index in [1.54, 1.807) is 15.7 Å². The zero-order valence-corrected chi connectivity index (χ0v) is 24.3. The number of benzene rings is 1. The Kier molecular flexibility index (Phi) is 6.85. The van der Waals surface area contributed by atoms with Gasteiger partial charge in [-0.2, -0.15) is 0 Å². The lowest BCUT2D eigenvalue weighted by molar-refractivity contribution is 0.00578. The van der Waals surface area contributed by atoms with Gasteiger partial charge in [-0.1, -0.05) is 0 Å². The Morgan fingerprint density at radius 3 is 2.25 bits per heavy atom. The maximum absolute atomic E-state index is 14.3. The molecule has 2 saturated heterocycles. The molecule has 0 spiro atoms. The van der Waals surface area contributed by atoms with Crippen LogP contribution in [0.1, 0.15) is 55.4 Å². The summed E-state index contributed by atoms with van der Waals surface area (Å²) >= 11 is 0. The lowest BCUT2D eigenvalue weighted by Gasteiger charge is -2.40. The summed E-state index contributed by atoms with van der Waals surface area (Å²) in [6.07, 6.45) is 2.83. The van der Waals surface area contributed by atoms with Crippen LogP contribution in [0.25, 0.3) is 16.7 Å². The van der Waals surface area contributed by atoms with E-state index in [1.165, 1.54) is 18.5 Å². The van der Waals surface area contributed by atoms with E-state index < -0.39 is 35.6 Å². The fourth-order valence-corrected chi connectivity index (χ4v) is 5.08. The molecule has 0 radical (unpaired) electrons. The van der Waals surface area contributed by atoms with Crippen molar-refractivity contribution in [3.63, 3.8) is 0 Å². The standard InChI is InChI=1S/C28H36BF2N5O4/c1-17-14-34(9-10-35(17)25(37)38-26(2,3)4)23-22-21(29-39-27(5,6)28(7,8)40-29)15-36(24(22)33-16-32-23)20-12-18(30)11-19(31)13-20/h11-13,15-17H,9-10,14H2,1-8H3. The van der Waals surface area contributed by atoms with Crippen LogP contribution >= 0.6 is 0 Å². The van der Waals surface area contributed by atoms with Gasteiger partial charge in [-0.15, -0.1) is 0 Å². The average molecular weight is 555 g/mol. The van der Waals surface area contributed by atoms with Crippen LogP contribution in [0, 0.1) is 11.6 Å². The number of amides is 1. The summed E-state index contributed by atoms with van der Waals surface area (Å²) in [4.78, 5) is 25.8. The molecule has 4 heterocycles. The molecule has 0 saturated carbocycles. The number of anilines is 1. The first-order chi connectivity index (χ1) is 18.6. The minimum absolute atomic E-state index is 0.159. The Labute approximate surface area is 233 Å². The molecule has 5 rings (SSSR count). The van der Waals surface area contributed by atoms with Crippen LogP contribution in [0.5, 0.6) is 0 Å². The zero-order valence-electron chi connectivity index (χ0n) is 24.3. The fourth-order valence-electron chi connectivity index (χ4n) is 5.08. The van der Waals surface area contributed by atoms with Gasteiger partial charge in [0.15, 0.2) is 0 Å². The number of ether oxygens (including phenoxy) is 1. The van der Waals surface area contributed by atoms with Crippen LogP contribution in [0.15, 0.2) is 30.7 Å². The second-order valence-electron chi connectivity index (χ2n) is 12.5. The van der Waals surface area contributed by atoms with Crippen molar-refractivity contribution in [1.29, 1.82) is 0 Å². The highest BCUT2D eigenvalue weighted by Crippen LogP contribution is 2.38. The van der Waals surface area contributed by atoms with Crippen molar-refractivity contribution >= 4 is 35.5 Å². The van der Waals surface area contributed by atoms with E-state index in [0.717, 1.165) is 6.07 Å². The summed E-state index contributed by atoms with van der Waals surface area (Å²) in [6.45, 7) is 16.8. The summed E-state index contributed by atoms with van der Waals surface area (Å²) in [5.41, 5.74) is -0.430. The van der Waals surface area contributed by atoms with Crippen molar-refractivity contribution < 1.29 is 27.6 Å². The van der Waals surface area contributed by atoms with E-state index in [0.29, 0.717) is 41.9 Å². The van der Waals surface area contributed by atoms with Gasteiger partial charge in [-0.05, 0) is 67.5 Å². The molecule has 2 fully saturated rings. The highest BCUT2D eigenvalue weighted by Gasteiger charge is 2.53. The van der Waals surface area contributed by atoms with Gasteiger partial charge >= 0.3 is 13.2 Å². The maximum atomic E-state index is 14.3. The minimum Gasteiger partial charge on any atom is -0.444 e. The predicted octanol–water partition coefficient (Wildman–Crippen LogP) is 4.44. The smallest absolute Gasteiger partial charge is 0.444 e. The summed E-state index contributed by atoms with van der Waals surface area (Å²) < 4.78 is 48.5. The van der Waals surface area contributed by atoms with E-state index in [4.69, 9.17) is 14.0 Å². The Morgan fingerprint density at radius 2 is 1.68 bits per heavy atom. The van der Waals surface area contributed by atoms with Gasteiger partial charge in [0, 0.05) is 43.4 Å². The normalized spacial score (nSPS) is 20.9. The molecule has 1 atom stereocenters. The molecule has 1 aromatic carbocycles. The number of nitrogens with zero attached hydrogens (tertiary/aromatic N) is 5. The van der Waals surface area contributed by atoms with Crippen LogP contribution in [-0.2, 0) is 14.0 Å². The predicted molar refractivity (Wildman–Crippen MR) is 149 cm³/mol. The van der Waals surface area contributed by atoms with Crippen LogP contribution in [0.2, 0.25) is 0 Å². The van der Waals surface area contributed by atoms with Crippen molar-refractivity contribution in [1.82, 2.24) is 19.4 Å². The number of fused-ring (bicyclic) bond motifs is 1. The second kappa shape index (κ2) is 9.69. The number of hydrogen-bond donors (Lipinski definition) is 0. The van der Waals surface area contributed by atoms with E-state index in [2.05, 4.69) is 14.9 Å². The molecule has 1 amide bonds. The van der Waals surface area contributed by atoms with Gasteiger partial charge in [-0.25, -0.2) is 23.5 Å². The molecule has 214 valence electrons. The van der Waals surface area contributed by atoms with Crippen LogP contribution in [0.4, 0.5) is 19.4 Å². The van der Waals surface area contributed by atoms with Crippen molar-refractivity contribution in [2.24, 2.45) is 0 Å². The van der Waals surface area contributed by atoms with Crippen molar-refractivity contribution in [3.8, 4) is 5.69 Å². The van der Waals surface area contributed by atoms with Crippen molar-refractivity contribution in [2.45, 2.75) is 78.2 Å². The molecule has 2 aliphatic heterocycles. The third-order valence-corrected chi connectivity index (χ3v) is 7.78. The Bertz CT molecular complexity index is 1420. The largest absolute Gasteiger partial charge is 0.497 e. The number of piperazine rings is 1. The number of rotatable bonds is 3. The fraction of sp³-hybridized carbons (Fsp3) is 0.536. The van der Waals surface area contributed by atoms with Gasteiger partial charge in [0.05, 0.1) is 22.3 Å². The SMILES string of the molecule is CC1CN(c2ncnc3c2c(B2OC(C)(C)C(C)(C)O2)cn3-c2cc(F)cc(F)c2)CCN1C(=O)OC(C)(C)C. The summed E-state index contributed by atoms with van der Waals surface area (Å²) in [6, 6.07) is 3.17. The quantitative estimate of drug-likeness (QED) is 0.442. The zero-order chi connectivity index (χ0) is 29.2. The lowest BCUT2D eigenvalue weighted by atomic mass is 9.79. The molecule has 0 bridgehead atoms. The maximum Gasteiger partial charge on any atom is 0.497 e.